The summed E-state index contributed by atoms with van der Waals surface area (Å²) in [5.41, 5.74) is 0.822. The Morgan fingerprint density at radius 3 is 2.12 bits per heavy atom. The third kappa shape index (κ3) is 3.08. The SMILES string of the molecule is Cn1ccnc1N1CCN(c2ccc(S(=O)(=O)C(F)F)cc2)CC1. The molecule has 0 aliphatic carbocycles. The van der Waals surface area contributed by atoms with Crippen LogP contribution in [0.1, 0.15) is 0 Å². The fourth-order valence-corrected chi connectivity index (χ4v) is 3.50. The molecule has 2 heterocycles. The minimum Gasteiger partial charge on any atom is -0.368 e. The van der Waals surface area contributed by atoms with E-state index < -0.39 is 15.6 Å². The quantitative estimate of drug-likeness (QED) is 0.835. The first-order valence-electron chi connectivity index (χ1n) is 7.49. The number of aromatic nitrogens is 2. The summed E-state index contributed by atoms with van der Waals surface area (Å²) in [5, 5.41) is 0. The van der Waals surface area contributed by atoms with E-state index in [9.17, 15) is 17.2 Å². The first kappa shape index (κ1) is 16.7. The maximum absolute atomic E-state index is 12.6. The van der Waals surface area contributed by atoms with Gasteiger partial charge < -0.3 is 14.4 Å². The van der Waals surface area contributed by atoms with Gasteiger partial charge in [0.05, 0.1) is 4.90 Å². The summed E-state index contributed by atoms with van der Waals surface area (Å²) in [4.78, 5) is 8.24. The first-order valence-corrected chi connectivity index (χ1v) is 9.03. The summed E-state index contributed by atoms with van der Waals surface area (Å²) in [5.74, 6) is -2.49. The number of aryl methyl sites for hydroxylation is 1. The van der Waals surface area contributed by atoms with Crippen molar-refractivity contribution in [1.82, 2.24) is 9.55 Å². The molecule has 6 nitrogen and oxygen atoms in total. The summed E-state index contributed by atoms with van der Waals surface area (Å²) in [6.07, 6.45) is 3.65. The van der Waals surface area contributed by atoms with Gasteiger partial charge in [-0.15, -0.1) is 0 Å². The Morgan fingerprint density at radius 2 is 1.62 bits per heavy atom. The molecule has 0 N–H and O–H groups in total. The number of piperazine rings is 1. The fraction of sp³-hybridized carbons (Fsp3) is 0.400. The number of nitrogens with zero attached hydrogens (tertiary/aromatic N) is 4. The summed E-state index contributed by atoms with van der Waals surface area (Å²) < 4.78 is 50.0. The molecule has 130 valence electrons. The van der Waals surface area contributed by atoms with Gasteiger partial charge in [-0.1, -0.05) is 0 Å². The molecule has 0 amide bonds. The number of benzene rings is 1. The van der Waals surface area contributed by atoms with Crippen molar-refractivity contribution >= 4 is 21.5 Å². The number of sulfone groups is 1. The van der Waals surface area contributed by atoms with Gasteiger partial charge in [0, 0.05) is 51.3 Å². The summed E-state index contributed by atoms with van der Waals surface area (Å²) >= 11 is 0. The van der Waals surface area contributed by atoms with Crippen LogP contribution in [0.5, 0.6) is 0 Å². The lowest BCUT2D eigenvalue weighted by Gasteiger charge is -2.36. The zero-order valence-corrected chi connectivity index (χ0v) is 14.0. The fourth-order valence-electron chi connectivity index (χ4n) is 2.78. The van der Waals surface area contributed by atoms with Crippen molar-refractivity contribution in [2.24, 2.45) is 7.05 Å². The second-order valence-corrected chi connectivity index (χ2v) is 7.53. The molecule has 1 saturated heterocycles. The molecule has 0 bridgehead atoms. The molecule has 3 rings (SSSR count). The highest BCUT2D eigenvalue weighted by atomic mass is 32.2. The van der Waals surface area contributed by atoms with Gasteiger partial charge in [-0.25, -0.2) is 13.4 Å². The molecule has 2 aromatic rings. The van der Waals surface area contributed by atoms with Gasteiger partial charge in [-0.3, -0.25) is 0 Å². The molecule has 0 saturated carbocycles. The van der Waals surface area contributed by atoms with Crippen LogP contribution >= 0.6 is 0 Å². The van der Waals surface area contributed by atoms with Crippen LogP contribution in [-0.2, 0) is 16.9 Å². The monoisotopic (exact) mass is 356 g/mol. The molecule has 1 aromatic carbocycles. The lowest BCUT2D eigenvalue weighted by atomic mass is 10.2. The van der Waals surface area contributed by atoms with E-state index in [1.807, 2.05) is 17.8 Å². The average molecular weight is 356 g/mol. The summed E-state index contributed by atoms with van der Waals surface area (Å²) in [6.45, 7) is 3.05. The van der Waals surface area contributed by atoms with Crippen molar-refractivity contribution in [2.75, 3.05) is 36.0 Å². The predicted octanol–water partition coefficient (Wildman–Crippen LogP) is 1.74. The second-order valence-electron chi connectivity index (χ2n) is 5.61. The minimum atomic E-state index is -4.54. The van der Waals surface area contributed by atoms with Crippen molar-refractivity contribution in [3.05, 3.63) is 36.7 Å². The molecule has 0 spiro atoms. The zero-order valence-electron chi connectivity index (χ0n) is 13.1. The van der Waals surface area contributed by atoms with Gasteiger partial charge >= 0.3 is 5.76 Å². The number of alkyl halides is 2. The van der Waals surface area contributed by atoms with Crippen LogP contribution in [0.25, 0.3) is 0 Å². The summed E-state index contributed by atoms with van der Waals surface area (Å²) in [7, 11) is -2.60. The third-order valence-corrected chi connectivity index (χ3v) is 5.52. The number of hydrogen-bond acceptors (Lipinski definition) is 5. The van der Waals surface area contributed by atoms with Crippen LogP contribution < -0.4 is 9.80 Å². The molecule has 9 heteroatoms. The molecular weight excluding hydrogens is 338 g/mol. The highest BCUT2D eigenvalue weighted by molar-refractivity contribution is 7.91. The lowest BCUT2D eigenvalue weighted by molar-refractivity contribution is 0.234. The maximum atomic E-state index is 12.6. The van der Waals surface area contributed by atoms with Crippen molar-refractivity contribution < 1.29 is 17.2 Å². The van der Waals surface area contributed by atoms with Crippen molar-refractivity contribution in [2.45, 2.75) is 10.7 Å². The van der Waals surface area contributed by atoms with Gasteiger partial charge in [0.25, 0.3) is 0 Å². The van der Waals surface area contributed by atoms with Gasteiger partial charge in [0.15, 0.2) is 0 Å². The van der Waals surface area contributed by atoms with Crippen LogP contribution in [-0.4, -0.2) is 49.9 Å². The Bertz CT molecular complexity index is 797. The molecular formula is C15H18F2N4O2S. The van der Waals surface area contributed by atoms with E-state index in [1.165, 1.54) is 12.1 Å². The van der Waals surface area contributed by atoms with Crippen LogP contribution in [0.3, 0.4) is 0 Å². The Kier molecular flexibility index (Phi) is 4.44. The Labute approximate surface area is 139 Å². The van der Waals surface area contributed by atoms with E-state index in [2.05, 4.69) is 14.8 Å². The van der Waals surface area contributed by atoms with Crippen LogP contribution in [0.15, 0.2) is 41.6 Å². The van der Waals surface area contributed by atoms with Crippen LogP contribution in [0, 0.1) is 0 Å². The number of halogens is 2. The van der Waals surface area contributed by atoms with E-state index in [1.54, 1.807) is 18.3 Å². The average Bonchev–Trinajstić information content (AvgIpc) is 3.01. The molecule has 0 unspecified atom stereocenters. The van der Waals surface area contributed by atoms with E-state index in [4.69, 9.17) is 0 Å². The molecule has 0 atom stereocenters. The maximum Gasteiger partial charge on any atom is 0.341 e. The molecule has 0 radical (unpaired) electrons. The first-order chi connectivity index (χ1) is 11.4. The van der Waals surface area contributed by atoms with Gasteiger partial charge in [0.2, 0.25) is 15.8 Å². The molecule has 1 aliphatic heterocycles. The number of imidazole rings is 1. The van der Waals surface area contributed by atoms with Crippen molar-refractivity contribution in [3.63, 3.8) is 0 Å². The van der Waals surface area contributed by atoms with Gasteiger partial charge in [-0.05, 0) is 24.3 Å². The normalized spacial score (nSPS) is 16.0. The molecule has 1 aliphatic rings. The molecule has 1 aromatic heterocycles. The Balaban J connectivity index is 1.68. The van der Waals surface area contributed by atoms with E-state index in [0.717, 1.165) is 37.8 Å². The topological polar surface area (TPSA) is 58.4 Å². The number of rotatable bonds is 4. The van der Waals surface area contributed by atoms with Crippen LogP contribution in [0.4, 0.5) is 20.4 Å². The summed E-state index contributed by atoms with van der Waals surface area (Å²) in [6, 6.07) is 5.63. The number of hydrogen-bond donors (Lipinski definition) is 0. The second kappa shape index (κ2) is 6.39. The minimum absolute atomic E-state index is 0.354. The van der Waals surface area contributed by atoms with Gasteiger partial charge in [-0.2, -0.15) is 8.78 Å². The highest BCUT2D eigenvalue weighted by Crippen LogP contribution is 2.23. The third-order valence-electron chi connectivity index (χ3n) is 4.12. The zero-order chi connectivity index (χ0) is 17.3. The van der Waals surface area contributed by atoms with Crippen molar-refractivity contribution in [1.29, 1.82) is 0 Å². The highest BCUT2D eigenvalue weighted by Gasteiger charge is 2.27. The largest absolute Gasteiger partial charge is 0.368 e. The van der Waals surface area contributed by atoms with Crippen molar-refractivity contribution in [3.8, 4) is 0 Å². The van der Waals surface area contributed by atoms with E-state index in [0.29, 0.717) is 0 Å². The smallest absolute Gasteiger partial charge is 0.341 e. The Morgan fingerprint density at radius 1 is 1.04 bits per heavy atom. The lowest BCUT2D eigenvalue weighted by Crippen LogP contribution is -2.47. The number of anilines is 2. The van der Waals surface area contributed by atoms with E-state index >= 15 is 0 Å². The Hall–Kier alpha value is -2.16. The standard InChI is InChI=1S/C15H18F2N4O2S/c1-19-7-6-18-15(19)21-10-8-20(9-11-21)12-2-4-13(5-3-12)24(22,23)14(16)17/h2-7,14H,8-11H2,1H3. The van der Waals surface area contributed by atoms with Crippen LogP contribution in [0.2, 0.25) is 0 Å². The van der Waals surface area contributed by atoms with E-state index in [-0.39, 0.29) is 4.90 Å². The molecule has 1 fully saturated rings. The predicted molar refractivity (Wildman–Crippen MR) is 87.3 cm³/mol. The molecule has 24 heavy (non-hydrogen) atoms. The van der Waals surface area contributed by atoms with Gasteiger partial charge in [0.1, 0.15) is 0 Å².